The molecule has 126 valence electrons. The fourth-order valence-corrected chi connectivity index (χ4v) is 2.80. The monoisotopic (exact) mass is 355 g/mol. The lowest BCUT2D eigenvalue weighted by Gasteiger charge is -2.33. The fraction of sp³-hybridized carbons (Fsp3) is 0.167. The summed E-state index contributed by atoms with van der Waals surface area (Å²) in [6, 6.07) is 13.6. The molecule has 25 heavy (non-hydrogen) atoms. The van der Waals surface area contributed by atoms with Crippen LogP contribution in [-0.2, 0) is 9.59 Å². The van der Waals surface area contributed by atoms with E-state index in [9.17, 15) is 9.59 Å². The molecule has 0 radical (unpaired) electrons. The first-order valence-electron chi connectivity index (χ1n) is 7.54. The van der Waals surface area contributed by atoms with Gasteiger partial charge in [-0.1, -0.05) is 23.7 Å². The van der Waals surface area contributed by atoms with Crippen molar-refractivity contribution in [2.24, 2.45) is 0 Å². The van der Waals surface area contributed by atoms with Gasteiger partial charge in [0, 0.05) is 12.6 Å². The second kappa shape index (κ2) is 6.83. The molecule has 0 spiro atoms. The number of carbonyl (C=O) groups is 2. The van der Waals surface area contributed by atoms with Crippen molar-refractivity contribution in [2.45, 2.75) is 13.0 Å². The molecule has 2 amide bonds. The average molecular weight is 356 g/mol. The number of para-hydroxylation sites is 2. The van der Waals surface area contributed by atoms with Crippen LogP contribution in [0.15, 0.2) is 42.5 Å². The summed E-state index contributed by atoms with van der Waals surface area (Å²) in [7, 11) is 0. The molecule has 3 rings (SSSR count). The van der Waals surface area contributed by atoms with E-state index in [2.05, 4.69) is 5.32 Å². The second-order valence-electron chi connectivity index (χ2n) is 5.50. The molecular formula is C18H14ClN3O3. The number of ether oxygens (including phenoxy) is 1. The lowest BCUT2D eigenvalue weighted by atomic mass is 10.1. The number of nitriles is 1. The van der Waals surface area contributed by atoms with E-state index in [0.29, 0.717) is 22.7 Å². The predicted molar refractivity (Wildman–Crippen MR) is 93.7 cm³/mol. The van der Waals surface area contributed by atoms with Crippen molar-refractivity contribution in [3.8, 4) is 11.8 Å². The third kappa shape index (κ3) is 3.42. The van der Waals surface area contributed by atoms with E-state index < -0.39 is 12.0 Å². The molecule has 2 aromatic carbocycles. The molecule has 0 aliphatic carbocycles. The SMILES string of the molecule is CC(=O)N1C[C@H](C(=O)Nc2ccc(C#N)c(Cl)c2)Oc2ccccc21. The van der Waals surface area contributed by atoms with Gasteiger partial charge in [0.25, 0.3) is 5.91 Å². The van der Waals surface area contributed by atoms with E-state index in [1.165, 1.54) is 24.0 Å². The summed E-state index contributed by atoms with van der Waals surface area (Å²) < 4.78 is 5.73. The minimum Gasteiger partial charge on any atom is -0.476 e. The molecular weight excluding hydrogens is 342 g/mol. The van der Waals surface area contributed by atoms with Crippen LogP contribution in [0.3, 0.4) is 0 Å². The van der Waals surface area contributed by atoms with E-state index in [0.717, 1.165) is 0 Å². The molecule has 1 aliphatic rings. The molecule has 0 saturated carbocycles. The number of nitrogens with one attached hydrogen (secondary N) is 1. The third-order valence-corrected chi connectivity index (χ3v) is 4.12. The minimum absolute atomic E-state index is 0.113. The molecule has 0 bridgehead atoms. The number of fused-ring (bicyclic) bond motifs is 1. The lowest BCUT2D eigenvalue weighted by molar-refractivity contribution is -0.123. The van der Waals surface area contributed by atoms with Crippen molar-refractivity contribution in [1.29, 1.82) is 5.26 Å². The molecule has 1 aliphatic heterocycles. The standard InChI is InChI=1S/C18H14ClN3O3/c1-11(23)22-10-17(25-16-5-3-2-4-15(16)22)18(24)21-13-7-6-12(9-20)14(19)8-13/h2-8,17H,10H2,1H3,(H,21,24)/t17-/m1/s1. The fourth-order valence-electron chi connectivity index (χ4n) is 2.58. The third-order valence-electron chi connectivity index (χ3n) is 3.80. The molecule has 1 atom stereocenters. The zero-order valence-corrected chi connectivity index (χ0v) is 14.1. The number of hydrogen-bond donors (Lipinski definition) is 1. The molecule has 0 aromatic heterocycles. The van der Waals surface area contributed by atoms with Crippen LogP contribution in [0, 0.1) is 11.3 Å². The van der Waals surface area contributed by atoms with Crippen LogP contribution in [0.4, 0.5) is 11.4 Å². The van der Waals surface area contributed by atoms with Gasteiger partial charge >= 0.3 is 0 Å². The van der Waals surface area contributed by atoms with Crippen LogP contribution in [-0.4, -0.2) is 24.5 Å². The van der Waals surface area contributed by atoms with Crippen molar-refractivity contribution in [3.05, 3.63) is 53.1 Å². The van der Waals surface area contributed by atoms with Crippen LogP contribution in [0.2, 0.25) is 5.02 Å². The summed E-state index contributed by atoms with van der Waals surface area (Å²) in [5.41, 5.74) is 1.41. The highest BCUT2D eigenvalue weighted by atomic mass is 35.5. The number of hydrogen-bond acceptors (Lipinski definition) is 4. The largest absolute Gasteiger partial charge is 0.476 e. The van der Waals surface area contributed by atoms with Crippen LogP contribution in [0.1, 0.15) is 12.5 Å². The Hall–Kier alpha value is -3.04. The summed E-state index contributed by atoms with van der Waals surface area (Å²) in [5, 5.41) is 11.8. The first-order chi connectivity index (χ1) is 12.0. The maximum Gasteiger partial charge on any atom is 0.267 e. The van der Waals surface area contributed by atoms with E-state index >= 15 is 0 Å². The maximum absolute atomic E-state index is 12.5. The minimum atomic E-state index is -0.854. The zero-order chi connectivity index (χ0) is 18.0. The molecule has 0 saturated heterocycles. The van der Waals surface area contributed by atoms with Gasteiger partial charge in [-0.3, -0.25) is 9.59 Å². The quantitative estimate of drug-likeness (QED) is 0.897. The van der Waals surface area contributed by atoms with E-state index in [1.807, 2.05) is 6.07 Å². The topological polar surface area (TPSA) is 82.4 Å². The van der Waals surface area contributed by atoms with Crippen molar-refractivity contribution >= 4 is 34.8 Å². The summed E-state index contributed by atoms with van der Waals surface area (Å²) in [6.07, 6.45) is -0.854. The normalized spacial score (nSPS) is 15.6. The zero-order valence-electron chi connectivity index (χ0n) is 13.3. The van der Waals surface area contributed by atoms with Crippen molar-refractivity contribution in [2.75, 3.05) is 16.8 Å². The number of nitrogens with zero attached hydrogens (tertiary/aromatic N) is 2. The second-order valence-corrected chi connectivity index (χ2v) is 5.91. The lowest BCUT2D eigenvalue weighted by Crippen LogP contribution is -2.48. The smallest absolute Gasteiger partial charge is 0.267 e. The van der Waals surface area contributed by atoms with Crippen molar-refractivity contribution in [1.82, 2.24) is 0 Å². The Labute approximate surface area is 149 Å². The number of amides is 2. The van der Waals surface area contributed by atoms with Gasteiger partial charge in [-0.2, -0.15) is 5.26 Å². The van der Waals surface area contributed by atoms with Gasteiger partial charge in [0.15, 0.2) is 6.10 Å². The highest BCUT2D eigenvalue weighted by Crippen LogP contribution is 2.33. The van der Waals surface area contributed by atoms with Gasteiger partial charge in [0.2, 0.25) is 5.91 Å². The van der Waals surface area contributed by atoms with Crippen molar-refractivity contribution in [3.63, 3.8) is 0 Å². The Bertz CT molecular complexity index is 891. The number of anilines is 2. The van der Waals surface area contributed by atoms with Gasteiger partial charge in [-0.25, -0.2) is 0 Å². The molecule has 7 heteroatoms. The Morgan fingerprint density at radius 3 is 2.76 bits per heavy atom. The Morgan fingerprint density at radius 1 is 1.32 bits per heavy atom. The summed E-state index contributed by atoms with van der Waals surface area (Å²) in [4.78, 5) is 25.9. The number of benzene rings is 2. The van der Waals surface area contributed by atoms with Gasteiger partial charge < -0.3 is 15.0 Å². The van der Waals surface area contributed by atoms with E-state index in [4.69, 9.17) is 21.6 Å². The van der Waals surface area contributed by atoms with Gasteiger partial charge in [-0.15, -0.1) is 0 Å². The van der Waals surface area contributed by atoms with Crippen LogP contribution >= 0.6 is 11.6 Å². The van der Waals surface area contributed by atoms with E-state index in [1.54, 1.807) is 30.3 Å². The summed E-state index contributed by atoms with van der Waals surface area (Å²) >= 11 is 5.97. The number of halogens is 1. The molecule has 6 nitrogen and oxygen atoms in total. The van der Waals surface area contributed by atoms with Gasteiger partial charge in [0.05, 0.1) is 22.8 Å². The Balaban J connectivity index is 1.80. The van der Waals surface area contributed by atoms with Gasteiger partial charge in [0.1, 0.15) is 11.8 Å². The highest BCUT2D eigenvalue weighted by Gasteiger charge is 2.32. The molecule has 1 N–H and O–H groups in total. The Morgan fingerprint density at radius 2 is 2.08 bits per heavy atom. The first-order valence-corrected chi connectivity index (χ1v) is 7.91. The molecule has 2 aromatic rings. The number of rotatable bonds is 2. The predicted octanol–water partition coefficient (Wildman–Crippen LogP) is 2.96. The first kappa shape index (κ1) is 16.8. The summed E-state index contributed by atoms with van der Waals surface area (Å²) in [6.45, 7) is 1.56. The van der Waals surface area contributed by atoms with Crippen LogP contribution in [0.5, 0.6) is 5.75 Å². The molecule has 1 heterocycles. The molecule has 0 fully saturated rings. The van der Waals surface area contributed by atoms with Gasteiger partial charge in [-0.05, 0) is 30.3 Å². The highest BCUT2D eigenvalue weighted by molar-refractivity contribution is 6.32. The average Bonchev–Trinajstić information content (AvgIpc) is 2.60. The van der Waals surface area contributed by atoms with Crippen LogP contribution in [0.25, 0.3) is 0 Å². The van der Waals surface area contributed by atoms with Crippen molar-refractivity contribution < 1.29 is 14.3 Å². The summed E-state index contributed by atoms with van der Waals surface area (Å²) in [5.74, 6) is -0.0987. The maximum atomic E-state index is 12.5. The number of carbonyl (C=O) groups excluding carboxylic acids is 2. The Kier molecular flexibility index (Phi) is 4.59. The van der Waals surface area contributed by atoms with Crippen LogP contribution < -0.4 is 15.0 Å². The van der Waals surface area contributed by atoms with E-state index in [-0.39, 0.29) is 17.5 Å². The molecule has 0 unspecified atom stereocenters.